The van der Waals surface area contributed by atoms with Crippen molar-refractivity contribution in [2.45, 2.75) is 50.4 Å². The summed E-state index contributed by atoms with van der Waals surface area (Å²) >= 11 is 0. The van der Waals surface area contributed by atoms with Crippen molar-refractivity contribution in [3.63, 3.8) is 0 Å². The maximum Gasteiger partial charge on any atom is 0.122 e. The Morgan fingerprint density at radius 1 is 1.26 bits per heavy atom. The van der Waals surface area contributed by atoms with E-state index in [0.717, 1.165) is 31.7 Å². The number of fused-ring (bicyclic) bond motifs is 3. The lowest BCUT2D eigenvalue weighted by Crippen LogP contribution is -2.38. The SMILES string of the molecule is c1cc2c(cc1CCNC1CC3CCC1O3)CCO2. The van der Waals surface area contributed by atoms with Crippen LogP contribution < -0.4 is 10.1 Å². The van der Waals surface area contributed by atoms with Crippen LogP contribution >= 0.6 is 0 Å². The minimum absolute atomic E-state index is 0.485. The number of hydrogen-bond donors (Lipinski definition) is 1. The zero-order valence-corrected chi connectivity index (χ0v) is 11.2. The smallest absolute Gasteiger partial charge is 0.122 e. The molecule has 0 aliphatic carbocycles. The molecule has 3 heteroatoms. The fourth-order valence-electron chi connectivity index (χ4n) is 3.65. The predicted molar refractivity (Wildman–Crippen MR) is 73.6 cm³/mol. The van der Waals surface area contributed by atoms with Gasteiger partial charge in [-0.15, -0.1) is 0 Å². The lowest BCUT2D eigenvalue weighted by Gasteiger charge is -2.20. The van der Waals surface area contributed by atoms with Crippen LogP contribution in [0.3, 0.4) is 0 Å². The van der Waals surface area contributed by atoms with Gasteiger partial charge in [-0.05, 0) is 49.4 Å². The van der Waals surface area contributed by atoms with Crippen LogP contribution in [0.15, 0.2) is 18.2 Å². The van der Waals surface area contributed by atoms with E-state index in [9.17, 15) is 0 Å². The van der Waals surface area contributed by atoms with E-state index in [1.165, 1.54) is 30.4 Å². The highest BCUT2D eigenvalue weighted by Gasteiger charge is 2.40. The Kier molecular flexibility index (Phi) is 2.97. The van der Waals surface area contributed by atoms with Crippen LogP contribution in [0.2, 0.25) is 0 Å². The molecule has 0 radical (unpaired) electrons. The second-order valence-electron chi connectivity index (χ2n) is 5.96. The van der Waals surface area contributed by atoms with Crippen molar-refractivity contribution in [1.29, 1.82) is 0 Å². The average molecular weight is 259 g/mol. The Hall–Kier alpha value is -1.06. The summed E-state index contributed by atoms with van der Waals surface area (Å²) in [5, 5.41) is 3.67. The van der Waals surface area contributed by atoms with E-state index < -0.39 is 0 Å². The third kappa shape index (κ3) is 2.26. The summed E-state index contributed by atoms with van der Waals surface area (Å²) in [6.45, 7) is 1.90. The van der Waals surface area contributed by atoms with E-state index in [1.54, 1.807) is 0 Å². The highest BCUT2D eigenvalue weighted by atomic mass is 16.5. The van der Waals surface area contributed by atoms with E-state index in [4.69, 9.17) is 9.47 Å². The Morgan fingerprint density at radius 3 is 3.11 bits per heavy atom. The molecule has 4 rings (SSSR count). The minimum Gasteiger partial charge on any atom is -0.493 e. The van der Waals surface area contributed by atoms with Crippen molar-refractivity contribution in [1.82, 2.24) is 5.32 Å². The van der Waals surface area contributed by atoms with Crippen LogP contribution in [0, 0.1) is 0 Å². The maximum atomic E-state index is 5.87. The van der Waals surface area contributed by atoms with Crippen molar-refractivity contribution in [3.05, 3.63) is 29.3 Å². The van der Waals surface area contributed by atoms with Crippen LogP contribution in [0.4, 0.5) is 0 Å². The standard InChI is InChI=1S/C16H21NO2/c1-3-15-12(6-8-18-15)9-11(1)5-7-17-14-10-13-2-4-16(14)19-13/h1,3,9,13-14,16-17H,2,4-8,10H2. The van der Waals surface area contributed by atoms with Gasteiger partial charge < -0.3 is 14.8 Å². The van der Waals surface area contributed by atoms with Crippen LogP contribution in [-0.4, -0.2) is 31.4 Å². The molecule has 1 aromatic rings. The molecule has 3 aliphatic rings. The Morgan fingerprint density at radius 2 is 2.26 bits per heavy atom. The van der Waals surface area contributed by atoms with Gasteiger partial charge in [0.1, 0.15) is 5.75 Å². The first kappa shape index (κ1) is 11.7. The quantitative estimate of drug-likeness (QED) is 0.898. The van der Waals surface area contributed by atoms with Gasteiger partial charge in [0, 0.05) is 12.5 Å². The summed E-state index contributed by atoms with van der Waals surface area (Å²) < 4.78 is 11.4. The van der Waals surface area contributed by atoms with Gasteiger partial charge in [-0.25, -0.2) is 0 Å². The summed E-state index contributed by atoms with van der Waals surface area (Å²) in [5.41, 5.74) is 2.79. The van der Waals surface area contributed by atoms with Crippen LogP contribution in [0.1, 0.15) is 30.4 Å². The molecular weight excluding hydrogens is 238 g/mol. The fourth-order valence-corrected chi connectivity index (χ4v) is 3.65. The first-order chi connectivity index (χ1) is 9.38. The molecule has 2 saturated heterocycles. The monoisotopic (exact) mass is 259 g/mol. The summed E-state index contributed by atoms with van der Waals surface area (Å²) in [6, 6.07) is 7.22. The molecule has 19 heavy (non-hydrogen) atoms. The summed E-state index contributed by atoms with van der Waals surface area (Å²) in [5.74, 6) is 1.08. The predicted octanol–water partition coefficient (Wildman–Crippen LogP) is 2.07. The molecule has 102 valence electrons. The number of nitrogens with one attached hydrogen (secondary N) is 1. The largest absolute Gasteiger partial charge is 0.493 e. The number of rotatable bonds is 4. The summed E-state index contributed by atoms with van der Waals surface area (Å²) in [6.07, 6.45) is 6.92. The van der Waals surface area contributed by atoms with E-state index in [1.807, 2.05) is 0 Å². The first-order valence-electron chi connectivity index (χ1n) is 7.52. The molecule has 1 aromatic carbocycles. The van der Waals surface area contributed by atoms with Gasteiger partial charge in [-0.3, -0.25) is 0 Å². The average Bonchev–Trinajstić information content (AvgIpc) is 3.14. The van der Waals surface area contributed by atoms with Gasteiger partial charge >= 0.3 is 0 Å². The molecular formula is C16H21NO2. The first-order valence-corrected chi connectivity index (χ1v) is 7.52. The molecule has 1 N–H and O–H groups in total. The molecule has 3 atom stereocenters. The minimum atomic E-state index is 0.485. The molecule has 3 nitrogen and oxygen atoms in total. The Bertz CT molecular complexity index is 474. The van der Waals surface area contributed by atoms with Gasteiger partial charge in [-0.2, -0.15) is 0 Å². The molecule has 2 fully saturated rings. The lowest BCUT2D eigenvalue weighted by atomic mass is 9.95. The number of benzene rings is 1. The molecule has 0 aromatic heterocycles. The zero-order valence-electron chi connectivity index (χ0n) is 11.2. The lowest BCUT2D eigenvalue weighted by molar-refractivity contribution is 0.0975. The third-order valence-corrected chi connectivity index (χ3v) is 4.68. The highest BCUT2D eigenvalue weighted by molar-refractivity contribution is 5.39. The topological polar surface area (TPSA) is 30.5 Å². The zero-order chi connectivity index (χ0) is 12.7. The van der Waals surface area contributed by atoms with Crippen molar-refractivity contribution in [2.24, 2.45) is 0 Å². The van der Waals surface area contributed by atoms with Gasteiger partial charge in [0.05, 0.1) is 18.8 Å². The molecule has 0 amide bonds. The van der Waals surface area contributed by atoms with Crippen LogP contribution in [-0.2, 0) is 17.6 Å². The van der Waals surface area contributed by atoms with Crippen molar-refractivity contribution in [2.75, 3.05) is 13.2 Å². The van der Waals surface area contributed by atoms with Gasteiger partial charge in [0.25, 0.3) is 0 Å². The van der Waals surface area contributed by atoms with Crippen LogP contribution in [0.25, 0.3) is 0 Å². The molecule has 3 unspecified atom stereocenters. The molecule has 3 aliphatic heterocycles. The Labute approximate surface area is 114 Å². The normalized spacial score (nSPS) is 31.5. The molecule has 3 heterocycles. The fraction of sp³-hybridized carbons (Fsp3) is 0.625. The van der Waals surface area contributed by atoms with Crippen LogP contribution in [0.5, 0.6) is 5.75 Å². The maximum absolute atomic E-state index is 5.87. The van der Waals surface area contributed by atoms with E-state index in [2.05, 4.69) is 23.5 Å². The van der Waals surface area contributed by atoms with Gasteiger partial charge in [0.15, 0.2) is 0 Å². The van der Waals surface area contributed by atoms with Gasteiger partial charge in [-0.1, -0.05) is 12.1 Å². The van der Waals surface area contributed by atoms with Crippen molar-refractivity contribution >= 4 is 0 Å². The molecule has 0 saturated carbocycles. The van der Waals surface area contributed by atoms with E-state index >= 15 is 0 Å². The second-order valence-corrected chi connectivity index (χ2v) is 5.96. The van der Waals surface area contributed by atoms with Gasteiger partial charge in [0.2, 0.25) is 0 Å². The van der Waals surface area contributed by atoms with E-state index in [0.29, 0.717) is 18.2 Å². The summed E-state index contributed by atoms with van der Waals surface area (Å²) in [4.78, 5) is 0. The van der Waals surface area contributed by atoms with Crippen molar-refractivity contribution in [3.8, 4) is 5.75 Å². The third-order valence-electron chi connectivity index (χ3n) is 4.68. The Balaban J connectivity index is 1.30. The number of hydrogen-bond acceptors (Lipinski definition) is 3. The molecule has 0 spiro atoms. The number of ether oxygens (including phenoxy) is 2. The van der Waals surface area contributed by atoms with Crippen molar-refractivity contribution < 1.29 is 9.47 Å². The van der Waals surface area contributed by atoms with E-state index in [-0.39, 0.29) is 0 Å². The summed E-state index contributed by atoms with van der Waals surface area (Å²) in [7, 11) is 0. The molecule has 2 bridgehead atoms. The highest BCUT2D eigenvalue weighted by Crippen LogP contribution is 2.34. The second kappa shape index (κ2) is 4.80.